The summed E-state index contributed by atoms with van der Waals surface area (Å²) in [5.74, 6) is -0.526. The number of amides is 1. The third kappa shape index (κ3) is 6.15. The normalized spacial score (nSPS) is 10.8. The molecule has 0 unspecified atom stereocenters. The average molecular weight is 374 g/mol. The molecule has 2 aromatic rings. The van der Waals surface area contributed by atoms with Gasteiger partial charge in [-0.2, -0.15) is 5.26 Å². The Kier molecular flexibility index (Phi) is 7.34. The van der Waals surface area contributed by atoms with Gasteiger partial charge in [0.25, 0.3) is 5.91 Å². The molecule has 0 aliphatic heterocycles. The maximum Gasteiger partial charge on any atom is 0.267 e. The lowest BCUT2D eigenvalue weighted by Gasteiger charge is -2.07. The van der Waals surface area contributed by atoms with Crippen LogP contribution in [0.4, 0.5) is 5.69 Å². The van der Waals surface area contributed by atoms with E-state index in [4.69, 9.17) is 28.5 Å². The zero-order valence-corrected chi connectivity index (χ0v) is 14.9. The number of nitrogens with zero attached hydrogens (tertiary/aromatic N) is 1. The minimum Gasteiger partial charge on any atom is -0.390 e. The molecule has 128 valence electrons. The van der Waals surface area contributed by atoms with Crippen LogP contribution in [-0.2, 0) is 11.2 Å². The molecule has 2 aromatic carbocycles. The van der Waals surface area contributed by atoms with Crippen LogP contribution in [-0.4, -0.2) is 12.5 Å². The molecule has 1 amide bonds. The van der Waals surface area contributed by atoms with Gasteiger partial charge in [0.15, 0.2) is 0 Å². The largest absolute Gasteiger partial charge is 0.390 e. The fourth-order valence-corrected chi connectivity index (χ4v) is 2.60. The van der Waals surface area contributed by atoms with Crippen LogP contribution in [0.5, 0.6) is 0 Å². The highest BCUT2D eigenvalue weighted by Crippen LogP contribution is 2.25. The molecule has 4 nitrogen and oxygen atoms in total. The van der Waals surface area contributed by atoms with Crippen molar-refractivity contribution in [2.45, 2.75) is 12.8 Å². The van der Waals surface area contributed by atoms with E-state index in [1.54, 1.807) is 12.1 Å². The lowest BCUT2D eigenvalue weighted by atomic mass is 10.1. The summed E-state index contributed by atoms with van der Waals surface area (Å²) in [6, 6.07) is 16.7. The number of aryl methyl sites for hydroxylation is 1. The Morgan fingerprint density at radius 1 is 1.16 bits per heavy atom. The van der Waals surface area contributed by atoms with Crippen molar-refractivity contribution in [3.8, 4) is 6.07 Å². The first-order valence-corrected chi connectivity index (χ1v) is 8.49. The highest BCUT2D eigenvalue weighted by Gasteiger charge is 2.11. The van der Waals surface area contributed by atoms with E-state index < -0.39 is 5.91 Å². The van der Waals surface area contributed by atoms with Gasteiger partial charge in [0, 0.05) is 17.8 Å². The predicted molar refractivity (Wildman–Crippen MR) is 102 cm³/mol. The Balaban J connectivity index is 1.84. The molecule has 0 aromatic heterocycles. The Labute approximate surface area is 157 Å². The quantitative estimate of drug-likeness (QED) is 0.424. The summed E-state index contributed by atoms with van der Waals surface area (Å²) in [5, 5.41) is 15.5. The predicted octanol–water partition coefficient (Wildman–Crippen LogP) is 4.56. The molecular formula is C19H17Cl2N3O. The van der Waals surface area contributed by atoms with Crippen LogP contribution in [0, 0.1) is 11.3 Å². The fraction of sp³-hybridized carbons (Fsp3) is 0.158. The summed E-state index contributed by atoms with van der Waals surface area (Å²) < 4.78 is 0. The summed E-state index contributed by atoms with van der Waals surface area (Å²) in [6.07, 6.45) is 3.24. The van der Waals surface area contributed by atoms with E-state index in [9.17, 15) is 4.79 Å². The lowest BCUT2D eigenvalue weighted by molar-refractivity contribution is -0.112. The highest BCUT2D eigenvalue weighted by molar-refractivity contribution is 6.36. The third-order valence-corrected chi connectivity index (χ3v) is 3.97. The first-order valence-electron chi connectivity index (χ1n) is 7.74. The van der Waals surface area contributed by atoms with Gasteiger partial charge in [0.1, 0.15) is 11.6 Å². The molecule has 0 aliphatic rings. The SMILES string of the molecule is N#C/C(=C/NCCCc1ccccc1)C(=O)Nc1ccc(Cl)cc1Cl. The van der Waals surface area contributed by atoms with Crippen molar-refractivity contribution >= 4 is 34.8 Å². The average Bonchev–Trinajstić information content (AvgIpc) is 2.61. The number of nitriles is 1. The number of nitrogens with one attached hydrogen (secondary N) is 2. The number of hydrogen-bond donors (Lipinski definition) is 2. The van der Waals surface area contributed by atoms with Crippen molar-refractivity contribution in [2.75, 3.05) is 11.9 Å². The first-order chi connectivity index (χ1) is 12.1. The number of anilines is 1. The van der Waals surface area contributed by atoms with Gasteiger partial charge in [-0.05, 0) is 36.6 Å². The molecule has 2 rings (SSSR count). The second kappa shape index (κ2) is 9.73. The van der Waals surface area contributed by atoms with E-state index in [1.807, 2.05) is 24.3 Å². The molecular weight excluding hydrogens is 357 g/mol. The van der Waals surface area contributed by atoms with Crippen molar-refractivity contribution in [1.29, 1.82) is 5.26 Å². The zero-order valence-electron chi connectivity index (χ0n) is 13.4. The van der Waals surface area contributed by atoms with E-state index in [2.05, 4.69) is 22.8 Å². The number of carbonyl (C=O) groups excluding carboxylic acids is 1. The number of benzene rings is 2. The monoisotopic (exact) mass is 373 g/mol. The van der Waals surface area contributed by atoms with Gasteiger partial charge in [-0.15, -0.1) is 0 Å². The lowest BCUT2D eigenvalue weighted by Crippen LogP contribution is -2.17. The van der Waals surface area contributed by atoms with Crippen LogP contribution in [0.15, 0.2) is 60.3 Å². The summed E-state index contributed by atoms with van der Waals surface area (Å²) in [6.45, 7) is 0.662. The van der Waals surface area contributed by atoms with E-state index in [0.717, 1.165) is 12.8 Å². The molecule has 0 saturated heterocycles. The smallest absolute Gasteiger partial charge is 0.267 e. The summed E-state index contributed by atoms with van der Waals surface area (Å²) in [5.41, 5.74) is 1.64. The molecule has 25 heavy (non-hydrogen) atoms. The number of hydrogen-bond acceptors (Lipinski definition) is 3. The molecule has 0 bridgehead atoms. The Hall–Kier alpha value is -2.48. The van der Waals surface area contributed by atoms with Crippen LogP contribution in [0.3, 0.4) is 0 Å². The van der Waals surface area contributed by atoms with E-state index in [1.165, 1.54) is 17.8 Å². The summed E-state index contributed by atoms with van der Waals surface area (Å²) >= 11 is 11.8. The standard InChI is InChI=1S/C19H17Cl2N3O/c20-16-8-9-18(17(21)11-16)24-19(25)15(12-22)13-23-10-4-7-14-5-2-1-3-6-14/h1-3,5-6,8-9,11,13,23H,4,7,10H2,(H,24,25)/b15-13-. The van der Waals surface area contributed by atoms with Crippen molar-refractivity contribution in [1.82, 2.24) is 5.32 Å². The van der Waals surface area contributed by atoms with Gasteiger partial charge < -0.3 is 10.6 Å². The minimum absolute atomic E-state index is 0.0225. The van der Waals surface area contributed by atoms with Crippen LogP contribution in [0.25, 0.3) is 0 Å². The second-order valence-corrected chi connectivity index (χ2v) is 6.14. The fourth-order valence-electron chi connectivity index (χ4n) is 2.14. The van der Waals surface area contributed by atoms with Crippen molar-refractivity contribution < 1.29 is 4.79 Å². The second-order valence-electron chi connectivity index (χ2n) is 5.29. The molecule has 0 fully saturated rings. The Morgan fingerprint density at radius 2 is 1.92 bits per heavy atom. The molecule has 6 heteroatoms. The van der Waals surface area contributed by atoms with Crippen molar-refractivity contribution in [2.24, 2.45) is 0 Å². The van der Waals surface area contributed by atoms with Crippen LogP contribution < -0.4 is 10.6 Å². The molecule has 0 radical (unpaired) electrons. The van der Waals surface area contributed by atoms with E-state index in [0.29, 0.717) is 22.3 Å². The number of carbonyl (C=O) groups is 1. The maximum atomic E-state index is 12.1. The van der Waals surface area contributed by atoms with Gasteiger partial charge in [0.2, 0.25) is 0 Å². The summed E-state index contributed by atoms with van der Waals surface area (Å²) in [7, 11) is 0. The van der Waals surface area contributed by atoms with Gasteiger partial charge in [-0.25, -0.2) is 0 Å². The van der Waals surface area contributed by atoms with Crippen molar-refractivity contribution in [3.05, 3.63) is 75.9 Å². The zero-order chi connectivity index (χ0) is 18.1. The Bertz CT molecular complexity index is 798. The molecule has 0 heterocycles. The topological polar surface area (TPSA) is 64.9 Å². The van der Waals surface area contributed by atoms with Gasteiger partial charge in [0.05, 0.1) is 10.7 Å². The van der Waals surface area contributed by atoms with E-state index in [-0.39, 0.29) is 5.57 Å². The van der Waals surface area contributed by atoms with Gasteiger partial charge >= 0.3 is 0 Å². The molecule has 0 saturated carbocycles. The molecule has 0 spiro atoms. The number of rotatable bonds is 7. The molecule has 2 N–H and O–H groups in total. The highest BCUT2D eigenvalue weighted by atomic mass is 35.5. The van der Waals surface area contributed by atoms with Crippen LogP contribution >= 0.6 is 23.2 Å². The van der Waals surface area contributed by atoms with Gasteiger partial charge in [-0.1, -0.05) is 53.5 Å². The number of halogens is 2. The van der Waals surface area contributed by atoms with Gasteiger partial charge in [-0.3, -0.25) is 4.79 Å². The minimum atomic E-state index is -0.526. The van der Waals surface area contributed by atoms with Crippen LogP contribution in [0.2, 0.25) is 10.0 Å². The molecule has 0 aliphatic carbocycles. The molecule has 0 atom stereocenters. The summed E-state index contributed by atoms with van der Waals surface area (Å²) in [4.78, 5) is 12.1. The maximum absolute atomic E-state index is 12.1. The van der Waals surface area contributed by atoms with Crippen molar-refractivity contribution in [3.63, 3.8) is 0 Å². The van der Waals surface area contributed by atoms with E-state index >= 15 is 0 Å². The Morgan fingerprint density at radius 3 is 2.60 bits per heavy atom. The van der Waals surface area contributed by atoms with Crippen LogP contribution in [0.1, 0.15) is 12.0 Å². The first kappa shape index (κ1) is 18.9. The third-order valence-electron chi connectivity index (χ3n) is 3.42.